The number of nitrogens with one attached hydrogen (secondary N) is 1. The van der Waals surface area contributed by atoms with Gasteiger partial charge in [0.15, 0.2) is 0 Å². The van der Waals surface area contributed by atoms with Gasteiger partial charge in [-0.1, -0.05) is 17.3 Å². The summed E-state index contributed by atoms with van der Waals surface area (Å²) in [6, 6.07) is 8.02. The fourth-order valence-corrected chi connectivity index (χ4v) is 4.32. The maximum atomic E-state index is 12.7. The molecule has 146 valence electrons. The van der Waals surface area contributed by atoms with Crippen LogP contribution in [-0.4, -0.2) is 54.9 Å². The quantitative estimate of drug-likeness (QED) is 0.734. The predicted octanol–water partition coefficient (Wildman–Crippen LogP) is 3.03. The first-order valence-corrected chi connectivity index (χ1v) is 10.3. The van der Waals surface area contributed by atoms with E-state index in [-0.39, 0.29) is 5.91 Å². The number of amides is 1. The molecular weight excluding hydrogens is 362 g/mol. The molecule has 1 amide bonds. The highest BCUT2D eigenvalue weighted by molar-refractivity contribution is 7.98. The number of carbonyl (C=O) groups excluding carboxylic acids is 1. The van der Waals surface area contributed by atoms with Gasteiger partial charge in [-0.25, -0.2) is 0 Å². The monoisotopic (exact) mass is 389 g/mol. The average molecular weight is 390 g/mol. The van der Waals surface area contributed by atoms with E-state index in [9.17, 15) is 4.79 Å². The van der Waals surface area contributed by atoms with Crippen molar-refractivity contribution in [2.75, 3.05) is 32.8 Å². The summed E-state index contributed by atoms with van der Waals surface area (Å²) in [6.45, 7) is 9.99. The van der Waals surface area contributed by atoms with E-state index >= 15 is 0 Å². The van der Waals surface area contributed by atoms with Gasteiger partial charge in [0.05, 0.1) is 24.5 Å². The first-order valence-electron chi connectivity index (χ1n) is 9.30. The van der Waals surface area contributed by atoms with Crippen molar-refractivity contribution in [3.63, 3.8) is 0 Å². The first kappa shape index (κ1) is 19.9. The Morgan fingerprint density at radius 1 is 1.30 bits per heavy atom. The second-order valence-corrected chi connectivity index (χ2v) is 7.81. The second kappa shape index (κ2) is 9.39. The number of hydrogen-bond donors (Lipinski definition) is 1. The standard InChI is InChI=1S/C20H27N3O3S/c1-14(23-8-10-25-11-9-23)12-21-20(24)17-6-4-5-7-19(17)27-13-18-15(2)22-26-16(18)3/h4-7,14H,8-13H2,1-3H3,(H,21,24). The highest BCUT2D eigenvalue weighted by Gasteiger charge is 2.19. The number of benzene rings is 1. The normalized spacial score (nSPS) is 16.3. The third-order valence-corrected chi connectivity index (χ3v) is 6.01. The number of hydrogen-bond acceptors (Lipinski definition) is 6. The van der Waals surface area contributed by atoms with Crippen LogP contribution >= 0.6 is 11.8 Å². The first-order chi connectivity index (χ1) is 13.1. The number of thioether (sulfide) groups is 1. The van der Waals surface area contributed by atoms with Crippen molar-refractivity contribution < 1.29 is 14.1 Å². The van der Waals surface area contributed by atoms with E-state index in [1.807, 2.05) is 38.1 Å². The minimum atomic E-state index is -0.0306. The lowest BCUT2D eigenvalue weighted by Gasteiger charge is -2.32. The third-order valence-electron chi connectivity index (χ3n) is 4.91. The van der Waals surface area contributed by atoms with Crippen LogP contribution in [0.1, 0.15) is 34.3 Å². The summed E-state index contributed by atoms with van der Waals surface area (Å²) in [7, 11) is 0. The second-order valence-electron chi connectivity index (χ2n) is 6.79. The number of rotatable bonds is 7. The fraction of sp³-hybridized carbons (Fsp3) is 0.500. The zero-order valence-corrected chi connectivity index (χ0v) is 17.0. The lowest BCUT2D eigenvalue weighted by Crippen LogP contribution is -2.47. The lowest BCUT2D eigenvalue weighted by atomic mass is 10.2. The van der Waals surface area contributed by atoms with Gasteiger partial charge in [0.1, 0.15) is 5.76 Å². The number of ether oxygens (including phenoxy) is 1. The highest BCUT2D eigenvalue weighted by Crippen LogP contribution is 2.28. The van der Waals surface area contributed by atoms with Crippen molar-refractivity contribution in [1.82, 2.24) is 15.4 Å². The Labute approximate surface area is 164 Å². The molecule has 1 aromatic heterocycles. The molecule has 0 saturated carbocycles. The molecule has 1 aliphatic rings. The van der Waals surface area contributed by atoms with Gasteiger partial charge in [0.2, 0.25) is 0 Å². The Morgan fingerprint density at radius 3 is 2.74 bits per heavy atom. The molecule has 1 unspecified atom stereocenters. The molecule has 6 nitrogen and oxygen atoms in total. The van der Waals surface area contributed by atoms with E-state index in [4.69, 9.17) is 9.26 Å². The molecule has 2 heterocycles. The average Bonchev–Trinajstić information content (AvgIpc) is 3.02. The van der Waals surface area contributed by atoms with Crippen LogP contribution in [0.4, 0.5) is 0 Å². The van der Waals surface area contributed by atoms with E-state index in [1.54, 1.807) is 11.8 Å². The molecule has 27 heavy (non-hydrogen) atoms. The molecule has 2 aromatic rings. The topological polar surface area (TPSA) is 67.6 Å². The molecular formula is C20H27N3O3S. The van der Waals surface area contributed by atoms with Crippen LogP contribution in [0, 0.1) is 13.8 Å². The van der Waals surface area contributed by atoms with E-state index in [2.05, 4.69) is 22.3 Å². The van der Waals surface area contributed by atoms with Crippen molar-refractivity contribution in [1.29, 1.82) is 0 Å². The van der Waals surface area contributed by atoms with Gasteiger partial charge in [-0.3, -0.25) is 9.69 Å². The lowest BCUT2D eigenvalue weighted by molar-refractivity contribution is 0.0204. The van der Waals surface area contributed by atoms with Gasteiger partial charge in [0, 0.05) is 41.9 Å². The summed E-state index contributed by atoms with van der Waals surface area (Å²) in [5.74, 6) is 1.54. The van der Waals surface area contributed by atoms with Crippen LogP contribution in [0.15, 0.2) is 33.7 Å². The van der Waals surface area contributed by atoms with Gasteiger partial charge in [-0.05, 0) is 32.9 Å². The number of aryl methyl sites for hydroxylation is 2. The van der Waals surface area contributed by atoms with Crippen molar-refractivity contribution in [2.45, 2.75) is 37.5 Å². The Bertz CT molecular complexity index is 752. The summed E-state index contributed by atoms with van der Waals surface area (Å²) in [5.41, 5.74) is 2.71. The van der Waals surface area contributed by atoms with Crippen LogP contribution in [0.3, 0.4) is 0 Å². The van der Waals surface area contributed by atoms with Gasteiger partial charge < -0.3 is 14.6 Å². The van der Waals surface area contributed by atoms with Crippen LogP contribution in [0.2, 0.25) is 0 Å². The Kier molecular flexibility index (Phi) is 6.93. The minimum absolute atomic E-state index is 0.0306. The predicted molar refractivity (Wildman–Crippen MR) is 106 cm³/mol. The van der Waals surface area contributed by atoms with E-state index in [0.29, 0.717) is 18.2 Å². The summed E-state index contributed by atoms with van der Waals surface area (Å²) in [4.78, 5) is 16.1. The Hall–Kier alpha value is -1.83. The summed E-state index contributed by atoms with van der Waals surface area (Å²) in [6.07, 6.45) is 0. The molecule has 3 rings (SSSR count). The number of morpholine rings is 1. The van der Waals surface area contributed by atoms with E-state index in [1.165, 1.54) is 0 Å². The highest BCUT2D eigenvalue weighted by atomic mass is 32.2. The van der Waals surface area contributed by atoms with Crippen LogP contribution < -0.4 is 5.32 Å². The molecule has 1 aliphatic heterocycles. The molecule has 7 heteroatoms. The molecule has 1 aromatic carbocycles. The van der Waals surface area contributed by atoms with Gasteiger partial charge in [0.25, 0.3) is 5.91 Å². The molecule has 0 aliphatic carbocycles. The molecule has 0 spiro atoms. The molecule has 0 radical (unpaired) electrons. The zero-order valence-electron chi connectivity index (χ0n) is 16.2. The molecule has 1 N–H and O–H groups in total. The minimum Gasteiger partial charge on any atom is -0.379 e. The van der Waals surface area contributed by atoms with Crippen molar-refractivity contribution in [2.24, 2.45) is 0 Å². The maximum absolute atomic E-state index is 12.7. The van der Waals surface area contributed by atoms with Crippen LogP contribution in [-0.2, 0) is 10.5 Å². The largest absolute Gasteiger partial charge is 0.379 e. The fourth-order valence-electron chi connectivity index (χ4n) is 3.12. The smallest absolute Gasteiger partial charge is 0.252 e. The Balaban J connectivity index is 1.59. The molecule has 1 atom stereocenters. The molecule has 1 fully saturated rings. The maximum Gasteiger partial charge on any atom is 0.252 e. The molecule has 0 bridgehead atoms. The van der Waals surface area contributed by atoms with Gasteiger partial charge >= 0.3 is 0 Å². The van der Waals surface area contributed by atoms with Gasteiger partial charge in [-0.15, -0.1) is 11.8 Å². The number of nitrogens with zero attached hydrogens (tertiary/aromatic N) is 2. The SMILES string of the molecule is Cc1noc(C)c1CSc1ccccc1C(=O)NCC(C)N1CCOCC1. The summed E-state index contributed by atoms with van der Waals surface area (Å²) < 4.78 is 10.6. The van der Waals surface area contributed by atoms with E-state index < -0.39 is 0 Å². The van der Waals surface area contributed by atoms with Crippen molar-refractivity contribution in [3.8, 4) is 0 Å². The summed E-state index contributed by atoms with van der Waals surface area (Å²) >= 11 is 1.64. The zero-order chi connectivity index (χ0) is 19.2. The van der Waals surface area contributed by atoms with Crippen LogP contribution in [0.25, 0.3) is 0 Å². The number of carbonyl (C=O) groups is 1. The van der Waals surface area contributed by atoms with Gasteiger partial charge in [-0.2, -0.15) is 0 Å². The van der Waals surface area contributed by atoms with E-state index in [0.717, 1.165) is 54.0 Å². The third kappa shape index (κ3) is 5.12. The summed E-state index contributed by atoms with van der Waals surface area (Å²) in [5, 5.41) is 7.08. The van der Waals surface area contributed by atoms with Crippen molar-refractivity contribution in [3.05, 3.63) is 46.8 Å². The van der Waals surface area contributed by atoms with Crippen molar-refractivity contribution >= 4 is 17.7 Å². The molecule has 1 saturated heterocycles. The van der Waals surface area contributed by atoms with Crippen LogP contribution in [0.5, 0.6) is 0 Å². The number of aromatic nitrogens is 1. The Morgan fingerprint density at radius 2 is 2.04 bits per heavy atom.